The fourth-order valence-corrected chi connectivity index (χ4v) is 5.55. The standard InChI is InChI=1S/C25H26N4O2S/c1-3-15(8-11-30)17-4-5-19-20(12-17)27-23(22(19)16-6-9-26-10-7-16)24-25-21(28-29-24)13-18(32-25)14-31-2/h4-7,9-10,12-13,15,27,30H,3,8,11,14H2,1-2H3,(H,28,29). The number of rotatable bonds is 8. The first-order valence-electron chi connectivity index (χ1n) is 10.9. The molecule has 0 aliphatic carbocycles. The third-order valence-electron chi connectivity index (χ3n) is 6.04. The number of fused-ring (bicyclic) bond motifs is 2. The molecule has 0 bridgehead atoms. The molecule has 1 atom stereocenters. The zero-order valence-corrected chi connectivity index (χ0v) is 19.0. The molecule has 4 heterocycles. The number of hydrogen-bond acceptors (Lipinski definition) is 5. The van der Waals surface area contributed by atoms with E-state index in [-0.39, 0.29) is 6.61 Å². The third-order valence-corrected chi connectivity index (χ3v) is 7.16. The van der Waals surface area contributed by atoms with Crippen LogP contribution in [0.25, 0.3) is 43.6 Å². The number of aromatic nitrogens is 4. The van der Waals surface area contributed by atoms with Crippen LogP contribution >= 0.6 is 11.3 Å². The zero-order valence-electron chi connectivity index (χ0n) is 18.2. The largest absolute Gasteiger partial charge is 0.396 e. The lowest BCUT2D eigenvalue weighted by molar-refractivity contribution is 0.187. The Balaban J connectivity index is 1.72. The summed E-state index contributed by atoms with van der Waals surface area (Å²) in [6.07, 6.45) is 5.41. The van der Waals surface area contributed by atoms with E-state index in [2.05, 4.69) is 51.4 Å². The molecule has 0 radical (unpaired) electrons. The number of H-pyrrole nitrogens is 2. The van der Waals surface area contributed by atoms with E-state index in [1.807, 2.05) is 24.5 Å². The lowest BCUT2D eigenvalue weighted by Gasteiger charge is -2.14. The van der Waals surface area contributed by atoms with Gasteiger partial charge in [-0.1, -0.05) is 19.1 Å². The van der Waals surface area contributed by atoms with Crippen LogP contribution in [0.1, 0.15) is 36.1 Å². The van der Waals surface area contributed by atoms with Crippen molar-refractivity contribution in [1.82, 2.24) is 20.2 Å². The predicted octanol–water partition coefficient (Wildman–Crippen LogP) is 5.86. The van der Waals surface area contributed by atoms with Crippen LogP contribution in [0, 0.1) is 0 Å². The highest BCUT2D eigenvalue weighted by Gasteiger charge is 2.21. The second-order valence-electron chi connectivity index (χ2n) is 7.99. The SMILES string of the molecule is CCC(CCO)c1ccc2c(-c3ccncc3)c(-c3n[nH]c4cc(COC)sc34)[nH]c2c1. The van der Waals surface area contributed by atoms with Gasteiger partial charge in [0.2, 0.25) is 0 Å². The van der Waals surface area contributed by atoms with Crippen molar-refractivity contribution in [1.29, 1.82) is 0 Å². The lowest BCUT2D eigenvalue weighted by atomic mass is 9.92. The van der Waals surface area contributed by atoms with Crippen LogP contribution in [0.15, 0.2) is 48.8 Å². The van der Waals surface area contributed by atoms with E-state index in [1.165, 1.54) is 5.56 Å². The van der Waals surface area contributed by atoms with E-state index in [0.29, 0.717) is 12.5 Å². The topological polar surface area (TPSA) is 86.8 Å². The first-order valence-corrected chi connectivity index (χ1v) is 11.7. The number of hydrogen-bond donors (Lipinski definition) is 3. The highest BCUT2D eigenvalue weighted by molar-refractivity contribution is 7.19. The monoisotopic (exact) mass is 446 g/mol. The van der Waals surface area contributed by atoms with Gasteiger partial charge in [0.15, 0.2) is 0 Å². The highest BCUT2D eigenvalue weighted by Crippen LogP contribution is 2.42. The van der Waals surface area contributed by atoms with Crippen molar-refractivity contribution < 1.29 is 9.84 Å². The summed E-state index contributed by atoms with van der Waals surface area (Å²) in [6, 6.07) is 12.8. The first kappa shape index (κ1) is 20.9. The average Bonchev–Trinajstić information content (AvgIpc) is 3.50. The van der Waals surface area contributed by atoms with Gasteiger partial charge < -0.3 is 14.8 Å². The van der Waals surface area contributed by atoms with E-state index in [0.717, 1.165) is 61.4 Å². The minimum absolute atomic E-state index is 0.197. The second-order valence-corrected chi connectivity index (χ2v) is 9.13. The zero-order chi connectivity index (χ0) is 22.1. The summed E-state index contributed by atoms with van der Waals surface area (Å²) < 4.78 is 6.44. The molecule has 0 fully saturated rings. The van der Waals surface area contributed by atoms with Crippen LogP contribution in [0.4, 0.5) is 0 Å². The average molecular weight is 447 g/mol. The van der Waals surface area contributed by atoms with Crippen molar-refractivity contribution in [3.8, 4) is 22.5 Å². The number of aliphatic hydroxyl groups excluding tert-OH is 1. The summed E-state index contributed by atoms with van der Waals surface area (Å²) in [7, 11) is 1.71. The van der Waals surface area contributed by atoms with Crippen molar-refractivity contribution in [2.24, 2.45) is 0 Å². The summed E-state index contributed by atoms with van der Waals surface area (Å²) >= 11 is 1.70. The normalized spacial score (nSPS) is 12.7. The molecule has 6 nitrogen and oxygen atoms in total. The molecule has 32 heavy (non-hydrogen) atoms. The van der Waals surface area contributed by atoms with Gasteiger partial charge in [-0.25, -0.2) is 0 Å². The third kappa shape index (κ3) is 3.62. The fourth-order valence-electron chi connectivity index (χ4n) is 4.48. The van der Waals surface area contributed by atoms with Crippen LogP contribution in [-0.4, -0.2) is 39.0 Å². The molecule has 164 valence electrons. The van der Waals surface area contributed by atoms with E-state index >= 15 is 0 Å². The molecule has 5 rings (SSSR count). The first-order chi connectivity index (χ1) is 15.7. The molecule has 1 aromatic carbocycles. The van der Waals surface area contributed by atoms with Gasteiger partial charge in [-0.2, -0.15) is 5.10 Å². The Bertz CT molecular complexity index is 1350. The number of nitrogens with zero attached hydrogens (tertiary/aromatic N) is 2. The van der Waals surface area contributed by atoms with Gasteiger partial charge in [0.05, 0.1) is 22.5 Å². The molecule has 5 aromatic rings. The smallest absolute Gasteiger partial charge is 0.127 e. The Morgan fingerprint density at radius 1 is 1.12 bits per heavy atom. The number of benzene rings is 1. The number of pyridine rings is 1. The molecule has 0 saturated heterocycles. The van der Waals surface area contributed by atoms with Crippen molar-refractivity contribution in [3.05, 3.63) is 59.2 Å². The maximum atomic E-state index is 9.47. The Hall–Kier alpha value is -3.00. The maximum absolute atomic E-state index is 9.47. The Labute approximate surface area is 190 Å². The summed E-state index contributed by atoms with van der Waals surface area (Å²) in [5, 5.41) is 18.5. The number of nitrogens with one attached hydrogen (secondary N) is 2. The fraction of sp³-hybridized carbons (Fsp3) is 0.280. The van der Waals surface area contributed by atoms with E-state index in [1.54, 1.807) is 18.4 Å². The van der Waals surface area contributed by atoms with Gasteiger partial charge in [0, 0.05) is 47.5 Å². The van der Waals surface area contributed by atoms with Crippen LogP contribution < -0.4 is 0 Å². The predicted molar refractivity (Wildman–Crippen MR) is 130 cm³/mol. The van der Waals surface area contributed by atoms with Crippen molar-refractivity contribution in [3.63, 3.8) is 0 Å². The molecular weight excluding hydrogens is 420 g/mol. The number of aliphatic hydroxyl groups is 1. The Kier molecular flexibility index (Phi) is 5.78. The van der Waals surface area contributed by atoms with Crippen LogP contribution in [0.3, 0.4) is 0 Å². The number of methoxy groups -OCH3 is 1. The number of aromatic amines is 2. The molecule has 0 aliphatic heterocycles. The molecule has 7 heteroatoms. The molecule has 0 amide bonds. The quantitative estimate of drug-likeness (QED) is 0.279. The van der Waals surface area contributed by atoms with Crippen LogP contribution in [0.2, 0.25) is 0 Å². The van der Waals surface area contributed by atoms with E-state index in [4.69, 9.17) is 4.74 Å². The number of thiophene rings is 1. The van der Waals surface area contributed by atoms with Gasteiger partial charge in [0.25, 0.3) is 0 Å². The van der Waals surface area contributed by atoms with Gasteiger partial charge >= 0.3 is 0 Å². The van der Waals surface area contributed by atoms with Crippen molar-refractivity contribution in [2.45, 2.75) is 32.3 Å². The minimum atomic E-state index is 0.197. The Morgan fingerprint density at radius 3 is 2.72 bits per heavy atom. The van der Waals surface area contributed by atoms with Gasteiger partial charge in [-0.3, -0.25) is 10.1 Å². The van der Waals surface area contributed by atoms with Gasteiger partial charge in [-0.05, 0) is 54.2 Å². The molecule has 1 unspecified atom stereocenters. The highest BCUT2D eigenvalue weighted by atomic mass is 32.1. The minimum Gasteiger partial charge on any atom is -0.396 e. The number of ether oxygens (including phenoxy) is 1. The van der Waals surface area contributed by atoms with Gasteiger partial charge in [0.1, 0.15) is 5.69 Å². The molecule has 0 spiro atoms. The van der Waals surface area contributed by atoms with E-state index < -0.39 is 0 Å². The maximum Gasteiger partial charge on any atom is 0.127 e. The molecule has 0 aliphatic rings. The molecule has 3 N–H and O–H groups in total. The molecular formula is C25H26N4O2S. The summed E-state index contributed by atoms with van der Waals surface area (Å²) in [5.41, 5.74) is 7.47. The molecule has 4 aromatic heterocycles. The molecule has 0 saturated carbocycles. The summed E-state index contributed by atoms with van der Waals surface area (Å²) in [6.45, 7) is 2.95. The van der Waals surface area contributed by atoms with Crippen molar-refractivity contribution >= 4 is 32.5 Å². The lowest BCUT2D eigenvalue weighted by Crippen LogP contribution is -2.00. The van der Waals surface area contributed by atoms with Gasteiger partial charge in [-0.15, -0.1) is 11.3 Å². The second kappa shape index (κ2) is 8.86. The van der Waals surface area contributed by atoms with E-state index in [9.17, 15) is 5.11 Å². The summed E-state index contributed by atoms with van der Waals surface area (Å²) in [4.78, 5) is 9.04. The van der Waals surface area contributed by atoms with Crippen molar-refractivity contribution in [2.75, 3.05) is 13.7 Å². The van der Waals surface area contributed by atoms with Crippen LogP contribution in [-0.2, 0) is 11.3 Å². The Morgan fingerprint density at radius 2 is 1.97 bits per heavy atom. The van der Waals surface area contributed by atoms with Crippen LogP contribution in [0.5, 0.6) is 0 Å². The summed E-state index contributed by atoms with van der Waals surface area (Å²) in [5.74, 6) is 0.339.